The second-order valence-corrected chi connectivity index (χ2v) is 5.06. The third-order valence-corrected chi connectivity index (χ3v) is 3.56. The lowest BCUT2D eigenvalue weighted by Gasteiger charge is -2.13. The fraction of sp³-hybridized carbons (Fsp3) is 0.533. The molecule has 1 aromatic rings. The van der Waals surface area contributed by atoms with Gasteiger partial charge in [-0.05, 0) is 30.4 Å². The van der Waals surface area contributed by atoms with Crippen molar-refractivity contribution in [2.24, 2.45) is 5.92 Å². The van der Waals surface area contributed by atoms with E-state index in [1.54, 1.807) is 0 Å². The molecule has 0 aliphatic heterocycles. The van der Waals surface area contributed by atoms with Crippen LogP contribution in [0.15, 0.2) is 24.3 Å². The van der Waals surface area contributed by atoms with Crippen molar-refractivity contribution in [2.75, 3.05) is 6.54 Å². The van der Waals surface area contributed by atoms with Gasteiger partial charge in [-0.3, -0.25) is 4.79 Å². The lowest BCUT2D eigenvalue weighted by Crippen LogP contribution is -2.36. The van der Waals surface area contributed by atoms with Crippen molar-refractivity contribution in [2.45, 2.75) is 38.7 Å². The van der Waals surface area contributed by atoms with E-state index in [4.69, 9.17) is 0 Å². The molecule has 0 radical (unpaired) electrons. The van der Waals surface area contributed by atoms with Gasteiger partial charge in [-0.1, -0.05) is 37.6 Å². The molecule has 2 N–H and O–H groups in total. The average molecular weight is 247 g/mol. The SMILES string of the molecule is CCCC(O)CNC(=O)C1Cc2ccccc2C1. The normalized spacial score (nSPS) is 16.3. The molecule has 0 bridgehead atoms. The van der Waals surface area contributed by atoms with E-state index in [1.165, 1.54) is 11.1 Å². The Balaban J connectivity index is 1.82. The number of amides is 1. The molecule has 1 atom stereocenters. The lowest BCUT2D eigenvalue weighted by molar-refractivity contribution is -0.125. The minimum atomic E-state index is -0.414. The Bertz CT molecular complexity index is 392. The zero-order valence-corrected chi connectivity index (χ0v) is 10.9. The Kier molecular flexibility index (Phi) is 4.37. The summed E-state index contributed by atoms with van der Waals surface area (Å²) in [6.07, 6.45) is 2.91. The highest BCUT2D eigenvalue weighted by Crippen LogP contribution is 2.26. The first kappa shape index (κ1) is 13.1. The van der Waals surface area contributed by atoms with Gasteiger partial charge in [0.2, 0.25) is 5.91 Å². The highest BCUT2D eigenvalue weighted by Gasteiger charge is 2.26. The minimum absolute atomic E-state index is 0.0382. The molecule has 2 rings (SSSR count). The van der Waals surface area contributed by atoms with Gasteiger partial charge in [0.15, 0.2) is 0 Å². The molecule has 3 heteroatoms. The standard InChI is InChI=1S/C15H21NO2/c1-2-5-14(17)10-16-15(18)13-8-11-6-3-4-7-12(11)9-13/h3-4,6-7,13-14,17H,2,5,8-10H2,1H3,(H,16,18). The number of rotatable bonds is 5. The highest BCUT2D eigenvalue weighted by atomic mass is 16.3. The number of carbonyl (C=O) groups excluding carboxylic acids is 1. The second kappa shape index (κ2) is 6.01. The molecule has 0 spiro atoms. The molecule has 0 fully saturated rings. The van der Waals surface area contributed by atoms with Gasteiger partial charge in [0.25, 0.3) is 0 Å². The van der Waals surface area contributed by atoms with Crippen molar-refractivity contribution < 1.29 is 9.90 Å². The van der Waals surface area contributed by atoms with Crippen molar-refractivity contribution in [1.82, 2.24) is 5.32 Å². The Labute approximate surface area is 108 Å². The number of hydrogen-bond acceptors (Lipinski definition) is 2. The first-order valence-electron chi connectivity index (χ1n) is 6.73. The van der Waals surface area contributed by atoms with Gasteiger partial charge >= 0.3 is 0 Å². The van der Waals surface area contributed by atoms with Crippen molar-refractivity contribution >= 4 is 5.91 Å². The van der Waals surface area contributed by atoms with E-state index in [0.717, 1.165) is 25.7 Å². The lowest BCUT2D eigenvalue weighted by atomic mass is 10.1. The van der Waals surface area contributed by atoms with E-state index in [-0.39, 0.29) is 11.8 Å². The van der Waals surface area contributed by atoms with Crippen LogP contribution in [0.4, 0.5) is 0 Å². The van der Waals surface area contributed by atoms with Crippen molar-refractivity contribution in [3.63, 3.8) is 0 Å². The number of carbonyl (C=O) groups is 1. The van der Waals surface area contributed by atoms with Crippen molar-refractivity contribution in [1.29, 1.82) is 0 Å². The molecule has 0 saturated carbocycles. The molecule has 3 nitrogen and oxygen atoms in total. The summed E-state index contributed by atoms with van der Waals surface area (Å²) in [6, 6.07) is 8.22. The average Bonchev–Trinajstić information content (AvgIpc) is 2.80. The maximum Gasteiger partial charge on any atom is 0.223 e. The van der Waals surface area contributed by atoms with E-state index < -0.39 is 6.10 Å². The van der Waals surface area contributed by atoms with Crippen molar-refractivity contribution in [3.8, 4) is 0 Å². The van der Waals surface area contributed by atoms with Gasteiger partial charge in [-0.15, -0.1) is 0 Å². The number of aliphatic hydroxyl groups excluding tert-OH is 1. The number of nitrogens with one attached hydrogen (secondary N) is 1. The van der Waals surface area contributed by atoms with Gasteiger partial charge in [-0.2, -0.15) is 0 Å². The summed E-state index contributed by atoms with van der Waals surface area (Å²) in [5.74, 6) is 0.109. The van der Waals surface area contributed by atoms with Gasteiger partial charge in [0.1, 0.15) is 0 Å². The molecule has 0 heterocycles. The summed E-state index contributed by atoms with van der Waals surface area (Å²) in [6.45, 7) is 2.40. The maximum atomic E-state index is 12.0. The zero-order chi connectivity index (χ0) is 13.0. The van der Waals surface area contributed by atoms with Gasteiger partial charge in [-0.25, -0.2) is 0 Å². The van der Waals surface area contributed by atoms with Crippen LogP contribution < -0.4 is 5.32 Å². The van der Waals surface area contributed by atoms with Crippen LogP contribution in [0.1, 0.15) is 30.9 Å². The first-order chi connectivity index (χ1) is 8.70. The molecule has 98 valence electrons. The van der Waals surface area contributed by atoms with Gasteiger partial charge in [0.05, 0.1) is 6.10 Å². The predicted molar refractivity (Wildman–Crippen MR) is 71.3 cm³/mol. The van der Waals surface area contributed by atoms with Gasteiger partial charge in [0, 0.05) is 12.5 Å². The minimum Gasteiger partial charge on any atom is -0.391 e. The highest BCUT2D eigenvalue weighted by molar-refractivity contribution is 5.80. The second-order valence-electron chi connectivity index (χ2n) is 5.06. The monoisotopic (exact) mass is 247 g/mol. The third-order valence-electron chi connectivity index (χ3n) is 3.56. The maximum absolute atomic E-state index is 12.0. The predicted octanol–water partition coefficient (Wildman–Crippen LogP) is 1.68. The summed E-state index contributed by atoms with van der Waals surface area (Å²) in [4.78, 5) is 12.0. The van der Waals surface area contributed by atoms with Crippen LogP contribution in [-0.4, -0.2) is 23.7 Å². The summed E-state index contributed by atoms with van der Waals surface area (Å²) < 4.78 is 0. The summed E-state index contributed by atoms with van der Waals surface area (Å²) in [5, 5.41) is 12.5. The van der Waals surface area contributed by atoms with E-state index in [1.807, 2.05) is 19.1 Å². The number of hydrogen-bond donors (Lipinski definition) is 2. The molecular formula is C15H21NO2. The quantitative estimate of drug-likeness (QED) is 0.831. The molecule has 0 saturated heterocycles. The largest absolute Gasteiger partial charge is 0.391 e. The van der Waals surface area contributed by atoms with Crippen LogP contribution in [0.5, 0.6) is 0 Å². The Morgan fingerprint density at radius 3 is 2.56 bits per heavy atom. The van der Waals surface area contributed by atoms with Crippen molar-refractivity contribution in [3.05, 3.63) is 35.4 Å². The van der Waals surface area contributed by atoms with Crippen LogP contribution in [-0.2, 0) is 17.6 Å². The molecule has 1 aliphatic rings. The third kappa shape index (κ3) is 3.10. The molecular weight excluding hydrogens is 226 g/mol. The van der Waals surface area contributed by atoms with Crippen LogP contribution in [0, 0.1) is 5.92 Å². The van der Waals surface area contributed by atoms with Crippen LogP contribution >= 0.6 is 0 Å². The van der Waals surface area contributed by atoms with E-state index in [2.05, 4.69) is 17.4 Å². The first-order valence-corrected chi connectivity index (χ1v) is 6.73. The summed E-state index contributed by atoms with van der Waals surface area (Å²) >= 11 is 0. The number of aliphatic hydroxyl groups is 1. The van der Waals surface area contributed by atoms with Gasteiger partial charge < -0.3 is 10.4 Å². The smallest absolute Gasteiger partial charge is 0.223 e. The fourth-order valence-corrected chi connectivity index (χ4v) is 2.54. The molecule has 1 aromatic carbocycles. The summed E-state index contributed by atoms with van der Waals surface area (Å²) in [5.41, 5.74) is 2.57. The zero-order valence-electron chi connectivity index (χ0n) is 10.9. The van der Waals surface area contributed by atoms with Crippen LogP contribution in [0.3, 0.4) is 0 Å². The summed E-state index contributed by atoms with van der Waals surface area (Å²) in [7, 11) is 0. The molecule has 1 amide bonds. The molecule has 18 heavy (non-hydrogen) atoms. The van der Waals surface area contributed by atoms with E-state index in [0.29, 0.717) is 6.54 Å². The van der Waals surface area contributed by atoms with E-state index in [9.17, 15) is 9.90 Å². The number of benzene rings is 1. The topological polar surface area (TPSA) is 49.3 Å². The van der Waals surface area contributed by atoms with Crippen LogP contribution in [0.2, 0.25) is 0 Å². The van der Waals surface area contributed by atoms with Crippen LogP contribution in [0.25, 0.3) is 0 Å². The Morgan fingerprint density at radius 2 is 2.00 bits per heavy atom. The molecule has 1 aliphatic carbocycles. The van der Waals surface area contributed by atoms with E-state index >= 15 is 0 Å². The Hall–Kier alpha value is -1.35. The molecule has 0 aromatic heterocycles. The fourth-order valence-electron chi connectivity index (χ4n) is 2.54. The molecule has 1 unspecified atom stereocenters. The number of fused-ring (bicyclic) bond motifs is 1. The Morgan fingerprint density at radius 1 is 1.39 bits per heavy atom.